The average molecular weight is 821 g/mol. The predicted molar refractivity (Wildman–Crippen MR) is 248 cm³/mol. The van der Waals surface area contributed by atoms with Crippen molar-refractivity contribution in [2.75, 3.05) is 45.9 Å². The van der Waals surface area contributed by atoms with Crippen LogP contribution < -0.4 is 0 Å². The molecule has 0 aromatic heterocycles. The normalized spacial score (nSPS) is 15.7. The van der Waals surface area contributed by atoms with E-state index in [0.29, 0.717) is 18.8 Å². The van der Waals surface area contributed by atoms with Crippen LogP contribution in [-0.4, -0.2) is 84.9 Å². The van der Waals surface area contributed by atoms with E-state index in [0.717, 1.165) is 110 Å². The predicted octanol–water partition coefficient (Wildman–Crippen LogP) is 13.8. The quantitative estimate of drug-likeness (QED) is 0.0484. The highest BCUT2D eigenvalue weighted by Gasteiger charge is 2.24. The van der Waals surface area contributed by atoms with Crippen molar-refractivity contribution in [1.29, 1.82) is 0 Å². The number of aliphatic hydroxyl groups is 1. The first-order valence-corrected chi connectivity index (χ1v) is 25.9. The molecule has 3 unspecified atom stereocenters. The molecule has 3 atom stereocenters. The zero-order valence-corrected chi connectivity index (χ0v) is 39.4. The number of likely N-dealkylation sites (tertiary alicyclic amines) is 1. The third-order valence-electron chi connectivity index (χ3n) is 12.6. The third-order valence-corrected chi connectivity index (χ3v) is 12.6. The van der Waals surface area contributed by atoms with Crippen LogP contribution in [0.5, 0.6) is 0 Å². The summed E-state index contributed by atoms with van der Waals surface area (Å²) in [5.41, 5.74) is 0. The maximum Gasteiger partial charge on any atom is 0.306 e. The maximum absolute atomic E-state index is 13.0. The van der Waals surface area contributed by atoms with Crippen molar-refractivity contribution in [1.82, 2.24) is 9.80 Å². The zero-order chi connectivity index (χ0) is 42.2. The minimum Gasteiger partial charge on any atom is -0.462 e. The Morgan fingerprint density at radius 1 is 0.534 bits per heavy atom. The maximum atomic E-state index is 13.0. The van der Waals surface area contributed by atoms with Crippen LogP contribution in [-0.2, 0) is 19.1 Å². The number of rotatable bonds is 44. The van der Waals surface area contributed by atoms with Gasteiger partial charge in [0, 0.05) is 32.5 Å². The molecule has 1 aliphatic rings. The van der Waals surface area contributed by atoms with Crippen molar-refractivity contribution in [3.63, 3.8) is 0 Å². The van der Waals surface area contributed by atoms with Gasteiger partial charge < -0.3 is 24.4 Å². The molecule has 1 fully saturated rings. The summed E-state index contributed by atoms with van der Waals surface area (Å²) in [4.78, 5) is 31.2. The summed E-state index contributed by atoms with van der Waals surface area (Å²) in [6, 6.07) is 0. The van der Waals surface area contributed by atoms with Gasteiger partial charge in [-0.3, -0.25) is 9.59 Å². The Hall–Kier alpha value is -1.18. The molecular weight excluding hydrogens is 721 g/mol. The van der Waals surface area contributed by atoms with E-state index in [1.165, 1.54) is 141 Å². The number of carbonyl (C=O) groups excluding carboxylic acids is 2. The molecule has 0 radical (unpaired) electrons. The van der Waals surface area contributed by atoms with Gasteiger partial charge in [0.25, 0.3) is 0 Å². The van der Waals surface area contributed by atoms with Crippen molar-refractivity contribution < 1.29 is 24.2 Å². The third kappa shape index (κ3) is 33.5. The molecule has 0 aliphatic carbocycles. The van der Waals surface area contributed by atoms with Crippen LogP contribution in [0, 0.1) is 5.92 Å². The van der Waals surface area contributed by atoms with Crippen LogP contribution in [0.4, 0.5) is 0 Å². The van der Waals surface area contributed by atoms with Gasteiger partial charge in [-0.1, -0.05) is 143 Å². The largest absolute Gasteiger partial charge is 0.462 e. The lowest BCUT2D eigenvalue weighted by Crippen LogP contribution is -2.33. The zero-order valence-electron chi connectivity index (χ0n) is 39.4. The van der Waals surface area contributed by atoms with Gasteiger partial charge in [0.1, 0.15) is 12.2 Å². The molecule has 1 heterocycles. The van der Waals surface area contributed by atoms with Crippen molar-refractivity contribution in [2.24, 2.45) is 5.92 Å². The lowest BCUT2D eigenvalue weighted by molar-refractivity contribution is -0.151. The second-order valence-corrected chi connectivity index (χ2v) is 18.3. The van der Waals surface area contributed by atoms with Crippen molar-refractivity contribution in [3.05, 3.63) is 0 Å². The molecule has 58 heavy (non-hydrogen) atoms. The van der Waals surface area contributed by atoms with Gasteiger partial charge in [-0.15, -0.1) is 0 Å². The fraction of sp³-hybridized carbons (Fsp3) is 0.961. The number of esters is 2. The molecule has 7 nitrogen and oxygen atoms in total. The highest BCUT2D eigenvalue weighted by molar-refractivity contribution is 5.69. The summed E-state index contributed by atoms with van der Waals surface area (Å²) in [7, 11) is 0. The van der Waals surface area contributed by atoms with Gasteiger partial charge in [0.15, 0.2) is 0 Å². The van der Waals surface area contributed by atoms with Crippen LogP contribution in [0.15, 0.2) is 0 Å². The average Bonchev–Trinajstić information content (AvgIpc) is 3.66. The Bertz CT molecular complexity index is 846. The van der Waals surface area contributed by atoms with Crippen molar-refractivity contribution in [2.45, 2.75) is 265 Å². The van der Waals surface area contributed by atoms with Crippen LogP contribution in [0.2, 0.25) is 0 Å². The highest BCUT2D eigenvalue weighted by atomic mass is 16.5. The smallest absolute Gasteiger partial charge is 0.306 e. The Morgan fingerprint density at radius 2 is 0.931 bits per heavy atom. The molecule has 1 rings (SSSR count). The lowest BCUT2D eigenvalue weighted by atomic mass is 10.0. The summed E-state index contributed by atoms with van der Waals surface area (Å²) in [6.45, 7) is 16.0. The molecule has 0 spiro atoms. The Labute approximate surface area is 361 Å². The van der Waals surface area contributed by atoms with Crippen LogP contribution in [0.25, 0.3) is 0 Å². The second-order valence-electron chi connectivity index (χ2n) is 18.3. The first-order valence-electron chi connectivity index (χ1n) is 25.9. The molecule has 7 heteroatoms. The lowest BCUT2D eigenvalue weighted by Gasteiger charge is -2.26. The summed E-state index contributed by atoms with van der Waals surface area (Å²) in [5.74, 6) is 0.722. The number of aliphatic hydroxyl groups excluding tert-OH is 1. The van der Waals surface area contributed by atoms with E-state index in [1.54, 1.807) is 0 Å². The SMILES string of the molecule is CCCCCCCCC(CCCCCC)OC(=O)CCCCCN(CCCCCC(=O)OC(CCCCCC)CCCCCCCC)CC1CCN(CCCCO)C1. The first-order chi connectivity index (χ1) is 28.4. The summed E-state index contributed by atoms with van der Waals surface area (Å²) < 4.78 is 12.2. The second kappa shape index (κ2) is 41.2. The fourth-order valence-electron chi connectivity index (χ4n) is 8.85. The summed E-state index contributed by atoms with van der Waals surface area (Å²) >= 11 is 0. The van der Waals surface area contributed by atoms with Gasteiger partial charge in [-0.25, -0.2) is 0 Å². The van der Waals surface area contributed by atoms with Gasteiger partial charge in [0.2, 0.25) is 0 Å². The standard InChI is InChI=1S/C51H100N2O5/c1-5-9-13-17-19-25-35-48(33-23-15-11-7-3)57-50(55)37-27-21-29-40-52(45-47-39-43-53(46-47)42-31-32-44-54)41-30-22-28-38-51(56)58-49(34-24-16-12-8-4)36-26-20-18-14-10-6-2/h47-49,54H,5-46H2,1-4H3. The van der Waals surface area contributed by atoms with Crippen LogP contribution in [0.1, 0.15) is 252 Å². The number of carbonyl (C=O) groups is 2. The number of unbranched alkanes of at least 4 members (excludes halogenated alkanes) is 21. The number of hydrogen-bond acceptors (Lipinski definition) is 7. The molecular formula is C51H100N2O5. The van der Waals surface area contributed by atoms with Gasteiger partial charge in [-0.05, 0) is 128 Å². The molecule has 1 aliphatic heterocycles. The number of ether oxygens (including phenoxy) is 2. The number of nitrogens with zero attached hydrogens (tertiary/aromatic N) is 2. The van der Waals surface area contributed by atoms with Crippen LogP contribution in [0.3, 0.4) is 0 Å². The molecule has 1 N–H and O–H groups in total. The summed E-state index contributed by atoms with van der Waals surface area (Å²) in [6.07, 6.45) is 40.0. The van der Waals surface area contributed by atoms with Gasteiger partial charge in [-0.2, -0.15) is 0 Å². The first kappa shape index (κ1) is 54.8. The van der Waals surface area contributed by atoms with E-state index in [9.17, 15) is 14.7 Å². The summed E-state index contributed by atoms with van der Waals surface area (Å²) in [5, 5.41) is 9.23. The molecule has 0 amide bonds. The van der Waals surface area contributed by atoms with Crippen molar-refractivity contribution >= 4 is 11.9 Å². The molecule has 0 bridgehead atoms. The van der Waals surface area contributed by atoms with Gasteiger partial charge >= 0.3 is 11.9 Å². The van der Waals surface area contributed by atoms with E-state index in [2.05, 4.69) is 37.5 Å². The van der Waals surface area contributed by atoms with E-state index in [-0.39, 0.29) is 30.8 Å². The van der Waals surface area contributed by atoms with Crippen LogP contribution >= 0.6 is 0 Å². The minimum absolute atomic E-state index is 0.0133. The van der Waals surface area contributed by atoms with Gasteiger partial charge in [0.05, 0.1) is 0 Å². The van der Waals surface area contributed by atoms with E-state index >= 15 is 0 Å². The molecule has 344 valence electrons. The highest BCUT2D eigenvalue weighted by Crippen LogP contribution is 2.21. The molecule has 0 saturated carbocycles. The van der Waals surface area contributed by atoms with E-state index in [4.69, 9.17) is 9.47 Å². The van der Waals surface area contributed by atoms with E-state index < -0.39 is 0 Å². The number of hydrogen-bond donors (Lipinski definition) is 1. The fourth-order valence-corrected chi connectivity index (χ4v) is 8.85. The van der Waals surface area contributed by atoms with E-state index in [1.807, 2.05) is 0 Å². The topological polar surface area (TPSA) is 79.3 Å². The molecule has 1 saturated heterocycles. The van der Waals surface area contributed by atoms with Crippen molar-refractivity contribution in [3.8, 4) is 0 Å². The Balaban J connectivity index is 2.54. The monoisotopic (exact) mass is 821 g/mol. The Kier molecular flexibility index (Phi) is 38.9. The minimum atomic E-state index is 0.0133. The molecule has 0 aromatic rings. The molecule has 0 aromatic carbocycles. The Morgan fingerprint density at radius 3 is 1.36 bits per heavy atom.